The van der Waals surface area contributed by atoms with Crippen molar-refractivity contribution in [3.05, 3.63) is 35.0 Å². The van der Waals surface area contributed by atoms with Crippen LogP contribution in [0.5, 0.6) is 0 Å². The van der Waals surface area contributed by atoms with Crippen molar-refractivity contribution < 1.29 is 9.59 Å². The number of aromatic nitrogens is 1. The number of fused-ring (bicyclic) bond motifs is 1. The van der Waals surface area contributed by atoms with Crippen molar-refractivity contribution in [2.75, 3.05) is 19.6 Å². The number of rotatable bonds is 4. The zero-order chi connectivity index (χ0) is 17.3. The van der Waals surface area contributed by atoms with Crippen molar-refractivity contribution in [2.45, 2.75) is 26.8 Å². The smallest absolute Gasteiger partial charge is 0.309 e. The van der Waals surface area contributed by atoms with E-state index in [-0.39, 0.29) is 0 Å². The van der Waals surface area contributed by atoms with Gasteiger partial charge in [0.05, 0.1) is 5.52 Å². The summed E-state index contributed by atoms with van der Waals surface area (Å²) in [6.45, 7) is 7.54. The Labute approximate surface area is 141 Å². The molecule has 1 aromatic carbocycles. The fourth-order valence-electron chi connectivity index (χ4n) is 3.46. The number of aromatic amines is 1. The van der Waals surface area contributed by atoms with E-state index in [1.54, 1.807) is 0 Å². The van der Waals surface area contributed by atoms with Gasteiger partial charge in [0.25, 0.3) is 0 Å². The molecule has 0 unspecified atom stereocenters. The molecule has 6 heteroatoms. The van der Waals surface area contributed by atoms with Gasteiger partial charge in [-0.25, -0.2) is 0 Å². The zero-order valence-electron chi connectivity index (χ0n) is 14.2. The lowest BCUT2D eigenvalue weighted by Crippen LogP contribution is -2.39. The first-order valence-electron chi connectivity index (χ1n) is 8.32. The number of amides is 2. The Morgan fingerprint density at radius 2 is 2.17 bits per heavy atom. The minimum Gasteiger partial charge on any atom is -0.361 e. The fraction of sp³-hybridized carbons (Fsp3) is 0.444. The number of nitrogens with two attached hydrogens (primary N) is 1. The van der Waals surface area contributed by atoms with Crippen LogP contribution in [0.1, 0.15) is 23.2 Å². The molecule has 1 fully saturated rings. The first-order valence-corrected chi connectivity index (χ1v) is 8.32. The first-order chi connectivity index (χ1) is 11.5. The van der Waals surface area contributed by atoms with Gasteiger partial charge >= 0.3 is 11.8 Å². The predicted molar refractivity (Wildman–Crippen MR) is 93.4 cm³/mol. The number of carbonyl (C=O) groups is 2. The predicted octanol–water partition coefficient (Wildman–Crippen LogP) is 1.21. The topological polar surface area (TPSA) is 91.2 Å². The molecule has 2 aromatic rings. The summed E-state index contributed by atoms with van der Waals surface area (Å²) in [7, 11) is 0. The Morgan fingerprint density at radius 3 is 2.92 bits per heavy atom. The molecule has 1 saturated heterocycles. The summed E-state index contributed by atoms with van der Waals surface area (Å²) in [5.41, 5.74) is 9.99. The van der Waals surface area contributed by atoms with E-state index in [9.17, 15) is 9.59 Å². The second kappa shape index (κ2) is 6.65. The normalized spacial score (nSPS) is 18.2. The van der Waals surface area contributed by atoms with Crippen LogP contribution in [-0.2, 0) is 16.1 Å². The fourth-order valence-corrected chi connectivity index (χ4v) is 3.46. The van der Waals surface area contributed by atoms with Crippen LogP contribution in [0.2, 0.25) is 0 Å². The molecule has 1 aliphatic rings. The molecule has 1 aliphatic heterocycles. The van der Waals surface area contributed by atoms with Gasteiger partial charge < -0.3 is 16.0 Å². The van der Waals surface area contributed by atoms with E-state index in [1.165, 1.54) is 27.7 Å². The molecule has 0 bridgehead atoms. The average Bonchev–Trinajstić information content (AvgIpc) is 3.11. The van der Waals surface area contributed by atoms with Crippen molar-refractivity contribution in [1.82, 2.24) is 15.2 Å². The van der Waals surface area contributed by atoms with Gasteiger partial charge in [0, 0.05) is 30.7 Å². The van der Waals surface area contributed by atoms with Crippen LogP contribution in [0, 0.1) is 19.8 Å². The molecule has 4 N–H and O–H groups in total. The summed E-state index contributed by atoms with van der Waals surface area (Å²) in [6, 6.07) is 6.43. The van der Waals surface area contributed by atoms with Gasteiger partial charge in [0.15, 0.2) is 0 Å². The number of likely N-dealkylation sites (tertiary alicyclic amines) is 1. The van der Waals surface area contributed by atoms with Crippen molar-refractivity contribution in [1.29, 1.82) is 0 Å². The minimum atomic E-state index is -0.922. The maximum atomic E-state index is 11.2. The van der Waals surface area contributed by atoms with Crippen LogP contribution in [-0.4, -0.2) is 41.3 Å². The number of hydrogen-bond donors (Lipinski definition) is 3. The van der Waals surface area contributed by atoms with Gasteiger partial charge in [0.2, 0.25) is 0 Å². The van der Waals surface area contributed by atoms with Crippen LogP contribution in [0.3, 0.4) is 0 Å². The van der Waals surface area contributed by atoms with E-state index in [0.717, 1.165) is 26.1 Å². The van der Waals surface area contributed by atoms with E-state index in [1.807, 2.05) is 0 Å². The highest BCUT2D eigenvalue weighted by Gasteiger charge is 2.24. The molecule has 0 aliphatic carbocycles. The molecule has 24 heavy (non-hydrogen) atoms. The monoisotopic (exact) mass is 328 g/mol. The van der Waals surface area contributed by atoms with Gasteiger partial charge in [0.1, 0.15) is 0 Å². The van der Waals surface area contributed by atoms with Crippen molar-refractivity contribution in [2.24, 2.45) is 11.7 Å². The number of aryl methyl sites for hydroxylation is 2. The second-order valence-corrected chi connectivity index (χ2v) is 6.68. The molecule has 6 nitrogen and oxygen atoms in total. The number of para-hydroxylation sites is 1. The molecular weight excluding hydrogens is 304 g/mol. The van der Waals surface area contributed by atoms with Crippen LogP contribution in [0.4, 0.5) is 0 Å². The third-order valence-electron chi connectivity index (χ3n) is 4.97. The highest BCUT2D eigenvalue weighted by Crippen LogP contribution is 2.26. The lowest BCUT2D eigenvalue weighted by atomic mass is 10.1. The maximum Gasteiger partial charge on any atom is 0.309 e. The summed E-state index contributed by atoms with van der Waals surface area (Å²) in [5, 5.41) is 3.89. The van der Waals surface area contributed by atoms with Gasteiger partial charge in [-0.05, 0) is 43.9 Å². The molecule has 1 aromatic heterocycles. The summed E-state index contributed by atoms with van der Waals surface area (Å²) < 4.78 is 0. The standard InChI is InChI=1S/C18H24N4O2/c1-11-12(2)21-16-14(4-3-5-15(11)16)10-22-7-6-13(9-22)8-20-18(24)17(19)23/h3-5,13,21H,6-10H2,1-2H3,(H2,19,23)(H,20,24)/t13-/m1/s1. The number of nitrogens with one attached hydrogen (secondary N) is 2. The van der Waals surface area contributed by atoms with E-state index < -0.39 is 11.8 Å². The van der Waals surface area contributed by atoms with Gasteiger partial charge in [-0.2, -0.15) is 0 Å². The Balaban J connectivity index is 1.63. The first kappa shape index (κ1) is 16.5. The van der Waals surface area contributed by atoms with Crippen molar-refractivity contribution in [3.63, 3.8) is 0 Å². The quantitative estimate of drug-likeness (QED) is 0.737. The SMILES string of the molecule is Cc1[nH]c2c(CN3CC[C@H](CNC(=O)C(N)=O)C3)cccc2c1C. The van der Waals surface area contributed by atoms with E-state index >= 15 is 0 Å². The lowest BCUT2D eigenvalue weighted by molar-refractivity contribution is -0.137. The minimum absolute atomic E-state index is 0.361. The number of primary amides is 1. The average molecular weight is 328 g/mol. The van der Waals surface area contributed by atoms with Gasteiger partial charge in [-0.1, -0.05) is 18.2 Å². The van der Waals surface area contributed by atoms with Crippen molar-refractivity contribution in [3.8, 4) is 0 Å². The van der Waals surface area contributed by atoms with Crippen LogP contribution < -0.4 is 11.1 Å². The van der Waals surface area contributed by atoms with E-state index in [2.05, 4.69) is 47.2 Å². The van der Waals surface area contributed by atoms with E-state index in [4.69, 9.17) is 5.73 Å². The summed E-state index contributed by atoms with van der Waals surface area (Å²) >= 11 is 0. The lowest BCUT2D eigenvalue weighted by Gasteiger charge is -2.17. The van der Waals surface area contributed by atoms with Crippen molar-refractivity contribution >= 4 is 22.7 Å². The highest BCUT2D eigenvalue weighted by molar-refractivity contribution is 6.34. The Morgan fingerprint density at radius 1 is 1.38 bits per heavy atom. The van der Waals surface area contributed by atoms with E-state index in [0.29, 0.717) is 12.5 Å². The molecule has 2 heterocycles. The number of benzene rings is 1. The Kier molecular flexibility index (Phi) is 4.57. The summed E-state index contributed by atoms with van der Waals surface area (Å²) in [4.78, 5) is 27.9. The highest BCUT2D eigenvalue weighted by atomic mass is 16.2. The number of H-pyrrole nitrogens is 1. The molecule has 2 amide bonds. The van der Waals surface area contributed by atoms with Gasteiger partial charge in [-0.15, -0.1) is 0 Å². The molecule has 3 rings (SSSR count). The summed E-state index contributed by atoms with van der Waals surface area (Å²) in [6.07, 6.45) is 1.01. The molecule has 0 spiro atoms. The number of nitrogens with zero attached hydrogens (tertiary/aromatic N) is 1. The largest absolute Gasteiger partial charge is 0.361 e. The molecule has 0 saturated carbocycles. The molecule has 1 atom stereocenters. The number of hydrogen-bond acceptors (Lipinski definition) is 3. The third-order valence-corrected chi connectivity index (χ3v) is 4.97. The Bertz CT molecular complexity index is 781. The third kappa shape index (κ3) is 3.28. The van der Waals surface area contributed by atoms with Gasteiger partial charge in [-0.3, -0.25) is 14.5 Å². The van der Waals surface area contributed by atoms with Crippen LogP contribution in [0.25, 0.3) is 10.9 Å². The molecule has 128 valence electrons. The molecule has 0 radical (unpaired) electrons. The molecular formula is C18H24N4O2. The Hall–Kier alpha value is -2.34. The zero-order valence-corrected chi connectivity index (χ0v) is 14.2. The number of carbonyl (C=O) groups excluding carboxylic acids is 2. The second-order valence-electron chi connectivity index (χ2n) is 6.68. The van der Waals surface area contributed by atoms with Crippen LogP contribution >= 0.6 is 0 Å². The summed E-state index contributed by atoms with van der Waals surface area (Å²) in [5.74, 6) is -1.26. The van der Waals surface area contributed by atoms with Crippen LogP contribution in [0.15, 0.2) is 18.2 Å². The maximum absolute atomic E-state index is 11.2.